The van der Waals surface area contributed by atoms with Gasteiger partial charge in [0.1, 0.15) is 0 Å². The topological polar surface area (TPSA) is 29.4 Å². The third kappa shape index (κ3) is 0.803. The van der Waals surface area contributed by atoms with Gasteiger partial charge in [0.15, 0.2) is 5.78 Å². The minimum absolute atomic E-state index is 0.0527. The van der Waals surface area contributed by atoms with Crippen LogP contribution < -0.4 is 0 Å². The zero-order chi connectivity index (χ0) is 6.27. The highest BCUT2D eigenvalue weighted by atomic mass is 16.1. The smallest absolute Gasteiger partial charge is 0.198 e. The maximum Gasteiger partial charge on any atom is 0.198 e. The Morgan fingerprint density at radius 3 is 2.78 bits per heavy atom. The van der Waals surface area contributed by atoms with Crippen LogP contribution in [0.2, 0.25) is 0 Å². The van der Waals surface area contributed by atoms with Gasteiger partial charge in [-0.1, -0.05) is 0 Å². The van der Waals surface area contributed by atoms with Crippen LogP contribution in [0.25, 0.3) is 0 Å². The normalized spacial score (nSPS) is 24.9. The van der Waals surface area contributed by atoms with Gasteiger partial charge in [-0.15, -0.1) is 0 Å². The van der Waals surface area contributed by atoms with Crippen molar-refractivity contribution in [1.82, 2.24) is 0 Å². The summed E-state index contributed by atoms with van der Waals surface area (Å²) in [5, 5.41) is 0. The molecule has 0 spiro atoms. The lowest BCUT2D eigenvalue weighted by Crippen LogP contribution is -1.85. The van der Waals surface area contributed by atoms with Gasteiger partial charge in [-0.2, -0.15) is 0 Å². The summed E-state index contributed by atoms with van der Waals surface area (Å²) in [6.07, 6.45) is 5.47. The fourth-order valence-corrected chi connectivity index (χ4v) is 0.961. The maximum absolute atomic E-state index is 10.6. The van der Waals surface area contributed by atoms with Gasteiger partial charge in [0.2, 0.25) is 0 Å². The second-order valence-corrected chi connectivity index (χ2v) is 2.50. The Labute approximate surface area is 53.3 Å². The number of carbonyl (C=O) groups is 1. The molecule has 0 radical (unpaired) electrons. The van der Waals surface area contributed by atoms with Gasteiger partial charge in [0.25, 0.3) is 0 Å². The fraction of sp³-hybridized carbons (Fsp3) is 0.429. The number of hydrogen-bond donors (Lipinski definition) is 0. The van der Waals surface area contributed by atoms with E-state index in [1.165, 1.54) is 19.1 Å². The van der Waals surface area contributed by atoms with Crippen LogP contribution in [0.5, 0.6) is 0 Å². The molecular formula is C7H7NO. The largest absolute Gasteiger partial charge is 0.288 e. The molecule has 1 aliphatic heterocycles. The molecule has 1 heterocycles. The van der Waals surface area contributed by atoms with E-state index >= 15 is 0 Å². The number of aliphatic imine (C=N–C) groups is 1. The molecule has 0 aromatic rings. The van der Waals surface area contributed by atoms with E-state index in [4.69, 9.17) is 0 Å². The number of nitrogens with zero attached hydrogens (tertiary/aromatic N) is 1. The third-order valence-corrected chi connectivity index (χ3v) is 1.63. The lowest BCUT2D eigenvalue weighted by molar-refractivity contribution is -0.108. The highest BCUT2D eigenvalue weighted by Crippen LogP contribution is 2.37. The predicted octanol–water partition coefficient (Wildman–Crippen LogP) is 0.934. The molecule has 0 bridgehead atoms. The van der Waals surface area contributed by atoms with Gasteiger partial charge in [-0.05, 0) is 12.8 Å². The average Bonchev–Trinajstić information content (AvgIpc) is 2.58. The molecule has 0 N–H and O–H groups in total. The summed E-state index contributed by atoms with van der Waals surface area (Å²) < 4.78 is 0. The Morgan fingerprint density at radius 1 is 1.56 bits per heavy atom. The van der Waals surface area contributed by atoms with E-state index < -0.39 is 0 Å². The van der Waals surface area contributed by atoms with Gasteiger partial charge in [-0.3, -0.25) is 9.79 Å². The molecule has 1 saturated carbocycles. The molecule has 46 valence electrons. The summed E-state index contributed by atoms with van der Waals surface area (Å²) in [6, 6.07) is 0. The van der Waals surface area contributed by atoms with Crippen molar-refractivity contribution in [1.29, 1.82) is 0 Å². The number of allylic oxidation sites excluding steroid dienone is 2. The van der Waals surface area contributed by atoms with E-state index in [2.05, 4.69) is 4.99 Å². The molecule has 0 aromatic carbocycles. The molecule has 0 saturated heterocycles. The summed E-state index contributed by atoms with van der Waals surface area (Å²) in [5.41, 5.74) is 1.00. The van der Waals surface area contributed by atoms with E-state index in [0.717, 1.165) is 5.70 Å². The Morgan fingerprint density at radius 2 is 2.33 bits per heavy atom. The minimum atomic E-state index is 0.0527. The predicted molar refractivity (Wildman–Crippen MR) is 34.3 cm³/mol. The van der Waals surface area contributed by atoms with Crippen LogP contribution in [0.3, 0.4) is 0 Å². The van der Waals surface area contributed by atoms with Crippen molar-refractivity contribution in [2.45, 2.75) is 12.8 Å². The Kier molecular flexibility index (Phi) is 0.835. The van der Waals surface area contributed by atoms with E-state index in [-0.39, 0.29) is 5.78 Å². The van der Waals surface area contributed by atoms with Crippen LogP contribution in [0.4, 0.5) is 0 Å². The van der Waals surface area contributed by atoms with Gasteiger partial charge >= 0.3 is 0 Å². The molecule has 9 heavy (non-hydrogen) atoms. The first kappa shape index (κ1) is 4.91. The van der Waals surface area contributed by atoms with E-state index in [0.29, 0.717) is 5.92 Å². The summed E-state index contributed by atoms with van der Waals surface area (Å²) in [6.45, 7) is 0. The van der Waals surface area contributed by atoms with Crippen molar-refractivity contribution < 1.29 is 4.79 Å². The third-order valence-electron chi connectivity index (χ3n) is 1.63. The number of rotatable bonds is 1. The summed E-state index contributed by atoms with van der Waals surface area (Å²) in [4.78, 5) is 14.5. The van der Waals surface area contributed by atoms with Gasteiger partial charge in [-0.25, -0.2) is 0 Å². The zero-order valence-electron chi connectivity index (χ0n) is 5.00. The molecule has 0 unspecified atom stereocenters. The van der Waals surface area contributed by atoms with Crippen LogP contribution >= 0.6 is 0 Å². The SMILES string of the molecule is O=C1C=NC(C2CC2)=C1. The first-order chi connectivity index (χ1) is 4.36. The second kappa shape index (κ2) is 1.53. The quantitative estimate of drug-likeness (QED) is 0.507. The van der Waals surface area contributed by atoms with Crippen molar-refractivity contribution in [3.05, 3.63) is 11.8 Å². The standard InChI is InChI=1S/C7H7NO/c9-6-3-7(8-4-6)5-1-2-5/h3-5H,1-2H2. The number of ketones is 1. The lowest BCUT2D eigenvalue weighted by Gasteiger charge is -1.86. The fourth-order valence-electron chi connectivity index (χ4n) is 0.961. The summed E-state index contributed by atoms with van der Waals surface area (Å²) in [7, 11) is 0. The first-order valence-electron chi connectivity index (χ1n) is 3.16. The molecule has 2 nitrogen and oxygen atoms in total. The molecule has 0 atom stereocenters. The molecule has 0 aromatic heterocycles. The zero-order valence-corrected chi connectivity index (χ0v) is 5.00. The van der Waals surface area contributed by atoms with Crippen LogP contribution in [-0.4, -0.2) is 12.0 Å². The van der Waals surface area contributed by atoms with E-state index in [1.54, 1.807) is 6.08 Å². The molecule has 1 fully saturated rings. The monoisotopic (exact) mass is 121 g/mol. The van der Waals surface area contributed by atoms with Crippen LogP contribution in [-0.2, 0) is 4.79 Å². The number of carbonyl (C=O) groups excluding carboxylic acids is 1. The molecular weight excluding hydrogens is 114 g/mol. The summed E-state index contributed by atoms with van der Waals surface area (Å²) >= 11 is 0. The maximum atomic E-state index is 10.6. The van der Waals surface area contributed by atoms with Crippen LogP contribution in [0, 0.1) is 5.92 Å². The summed E-state index contributed by atoms with van der Waals surface area (Å²) in [5.74, 6) is 0.671. The Bertz CT molecular complexity index is 211. The van der Waals surface area contributed by atoms with Crippen LogP contribution in [0.15, 0.2) is 16.8 Å². The molecule has 2 rings (SSSR count). The minimum Gasteiger partial charge on any atom is -0.288 e. The lowest BCUT2D eigenvalue weighted by atomic mass is 10.3. The van der Waals surface area contributed by atoms with E-state index in [9.17, 15) is 4.79 Å². The molecule has 2 heteroatoms. The number of hydrogen-bond acceptors (Lipinski definition) is 2. The van der Waals surface area contributed by atoms with Gasteiger partial charge < -0.3 is 0 Å². The van der Waals surface area contributed by atoms with Crippen molar-refractivity contribution in [3.63, 3.8) is 0 Å². The highest BCUT2D eigenvalue weighted by Gasteiger charge is 2.27. The second-order valence-electron chi connectivity index (χ2n) is 2.50. The molecule has 2 aliphatic rings. The van der Waals surface area contributed by atoms with Crippen molar-refractivity contribution >= 4 is 12.0 Å². The van der Waals surface area contributed by atoms with Crippen molar-refractivity contribution in [2.75, 3.05) is 0 Å². The van der Waals surface area contributed by atoms with Crippen molar-refractivity contribution in [2.24, 2.45) is 10.9 Å². The molecule has 0 amide bonds. The van der Waals surface area contributed by atoms with E-state index in [1.807, 2.05) is 0 Å². The van der Waals surface area contributed by atoms with Gasteiger partial charge in [0.05, 0.1) is 6.21 Å². The average molecular weight is 121 g/mol. The first-order valence-corrected chi connectivity index (χ1v) is 3.16. The van der Waals surface area contributed by atoms with Crippen molar-refractivity contribution in [3.8, 4) is 0 Å². The Hall–Kier alpha value is -0.920. The van der Waals surface area contributed by atoms with Gasteiger partial charge in [0, 0.05) is 17.7 Å². The highest BCUT2D eigenvalue weighted by molar-refractivity contribution is 6.35. The van der Waals surface area contributed by atoms with Crippen LogP contribution in [0.1, 0.15) is 12.8 Å². The Balaban J connectivity index is 2.21. The molecule has 1 aliphatic carbocycles.